The van der Waals surface area contributed by atoms with Crippen molar-refractivity contribution in [2.45, 2.75) is 78.2 Å². The molecule has 0 radical (unpaired) electrons. The van der Waals surface area contributed by atoms with Crippen molar-refractivity contribution in [3.8, 4) is 16.9 Å². The van der Waals surface area contributed by atoms with E-state index in [1.165, 1.54) is 6.42 Å². The fraction of sp³-hybridized carbons (Fsp3) is 0.535. The summed E-state index contributed by atoms with van der Waals surface area (Å²) < 4.78 is 6.06. The molecule has 3 N–H and O–H groups in total. The fourth-order valence-electron chi connectivity index (χ4n) is 9.40. The summed E-state index contributed by atoms with van der Waals surface area (Å²) in [5, 5.41) is 18.9. The highest BCUT2D eigenvalue weighted by atomic mass is 16.7. The number of hydrogen-bond donors (Lipinski definition) is 3. The molecular formula is C43H58N4O5. The summed E-state index contributed by atoms with van der Waals surface area (Å²) in [6, 6.07) is 22.9. The Hall–Kier alpha value is -3.76. The highest BCUT2D eigenvalue weighted by molar-refractivity contribution is 5.96. The number of ether oxygens (including phenoxy) is 1. The van der Waals surface area contributed by atoms with Gasteiger partial charge in [-0.05, 0) is 79.3 Å². The predicted molar refractivity (Wildman–Crippen MR) is 204 cm³/mol. The Labute approximate surface area is 310 Å². The number of aliphatic hydroxyl groups excluding tert-OH is 1. The molecule has 4 fully saturated rings. The third-order valence-corrected chi connectivity index (χ3v) is 12.4. The maximum absolute atomic E-state index is 14.3. The summed E-state index contributed by atoms with van der Waals surface area (Å²) in [5.74, 6) is 2.01. The number of likely N-dealkylation sites (N-methyl/N-ethyl adjacent to an activating group) is 1. The zero-order chi connectivity index (χ0) is 37.3. The van der Waals surface area contributed by atoms with Gasteiger partial charge in [-0.3, -0.25) is 14.4 Å². The molecule has 3 aliphatic carbocycles. The van der Waals surface area contributed by atoms with Crippen LogP contribution in [0.15, 0.2) is 72.8 Å². The van der Waals surface area contributed by atoms with E-state index in [0.717, 1.165) is 28.7 Å². The second-order valence-electron chi connectivity index (χ2n) is 16.5. The van der Waals surface area contributed by atoms with Gasteiger partial charge in [-0.1, -0.05) is 95.3 Å². The van der Waals surface area contributed by atoms with Gasteiger partial charge in [-0.15, -0.1) is 0 Å². The van der Waals surface area contributed by atoms with Crippen LogP contribution in [-0.4, -0.2) is 79.4 Å². The Kier molecular flexibility index (Phi) is 11.5. The first-order valence-corrected chi connectivity index (χ1v) is 19.0. The van der Waals surface area contributed by atoms with Gasteiger partial charge >= 0.3 is 0 Å². The summed E-state index contributed by atoms with van der Waals surface area (Å²) in [4.78, 5) is 36.4. The van der Waals surface area contributed by atoms with E-state index >= 15 is 0 Å². The Bertz CT molecular complexity index is 1710. The molecule has 1 saturated heterocycles. The summed E-state index contributed by atoms with van der Waals surface area (Å²) in [5.41, 5.74) is 4.44. The lowest BCUT2D eigenvalue weighted by atomic mass is 9.45. The number of fused-ring (bicyclic) bond motifs is 2. The molecule has 7 rings (SSSR count). The number of amides is 2. The van der Waals surface area contributed by atoms with Crippen LogP contribution < -0.4 is 15.4 Å². The number of carbonyl (C=O) groups is 2. The van der Waals surface area contributed by atoms with E-state index in [0.29, 0.717) is 41.0 Å². The van der Waals surface area contributed by atoms with Crippen LogP contribution in [0, 0.1) is 35.0 Å². The molecule has 1 heterocycles. The number of benzene rings is 3. The van der Waals surface area contributed by atoms with E-state index in [1.54, 1.807) is 12.2 Å². The number of rotatable bonds is 13. The first-order chi connectivity index (χ1) is 24.8. The normalized spacial score (nSPS) is 27.2. The monoisotopic (exact) mass is 710 g/mol. The minimum atomic E-state index is -0.573. The standard InChI is InChI=1S/C43H58N4O5/c1-26(2)38-37(25-48)52-47(39(38)42(50)44-35-22-32-21-34(27(35)3)43(32,4)5)23-31-18-13-19-33(40(31)51-8)29-16-12-17-30(20-29)41(49)45-36(24-46(6)7)28-14-10-9-11-15-28/h9-20,26-27,32,34-39,48H,21-25H2,1-8H3,(H,44,50)(H,45,49)/t27-,32+,34-,35-,36-,37-,38-,39-/m0/s1. The fourth-order valence-corrected chi connectivity index (χ4v) is 9.40. The topological polar surface area (TPSA) is 103 Å². The number of aliphatic hydroxyl groups is 1. The van der Waals surface area contributed by atoms with Crippen molar-refractivity contribution in [1.29, 1.82) is 0 Å². The maximum atomic E-state index is 14.3. The lowest BCUT2D eigenvalue weighted by Gasteiger charge is -2.62. The van der Waals surface area contributed by atoms with E-state index < -0.39 is 12.1 Å². The third-order valence-electron chi connectivity index (χ3n) is 12.4. The molecule has 52 heavy (non-hydrogen) atoms. The van der Waals surface area contributed by atoms with Gasteiger partial charge in [0, 0.05) is 35.2 Å². The molecule has 9 nitrogen and oxygen atoms in total. The van der Waals surface area contributed by atoms with Gasteiger partial charge in [-0.25, -0.2) is 0 Å². The Balaban J connectivity index is 1.24. The second kappa shape index (κ2) is 15.7. The number of methoxy groups -OCH3 is 1. The lowest BCUT2D eigenvalue weighted by Crippen LogP contribution is -2.62. The van der Waals surface area contributed by atoms with E-state index in [-0.39, 0.29) is 48.9 Å². The van der Waals surface area contributed by atoms with Crippen LogP contribution in [0.1, 0.15) is 75.0 Å². The number of hydroxylamine groups is 2. The van der Waals surface area contributed by atoms with Crippen molar-refractivity contribution in [2.24, 2.45) is 35.0 Å². The Morgan fingerprint density at radius 1 is 1.04 bits per heavy atom. The maximum Gasteiger partial charge on any atom is 0.251 e. The first-order valence-electron chi connectivity index (χ1n) is 19.0. The van der Waals surface area contributed by atoms with E-state index in [9.17, 15) is 14.7 Å². The molecule has 2 amide bonds. The van der Waals surface area contributed by atoms with Crippen LogP contribution in [0.3, 0.4) is 0 Å². The first kappa shape index (κ1) is 38.0. The van der Waals surface area contributed by atoms with Crippen LogP contribution in [0.5, 0.6) is 5.75 Å². The predicted octanol–water partition coefficient (Wildman–Crippen LogP) is 6.33. The molecule has 8 atom stereocenters. The van der Waals surface area contributed by atoms with E-state index in [4.69, 9.17) is 9.57 Å². The molecule has 0 aromatic heterocycles. The van der Waals surface area contributed by atoms with Gasteiger partial charge in [0.2, 0.25) is 5.91 Å². The molecule has 3 aromatic rings. The molecule has 1 aliphatic heterocycles. The molecule has 9 heteroatoms. The smallest absolute Gasteiger partial charge is 0.251 e. The molecule has 3 saturated carbocycles. The van der Waals surface area contributed by atoms with Gasteiger partial charge < -0.3 is 25.4 Å². The van der Waals surface area contributed by atoms with Gasteiger partial charge in [0.15, 0.2) is 0 Å². The highest BCUT2D eigenvalue weighted by Crippen LogP contribution is 2.61. The van der Waals surface area contributed by atoms with Gasteiger partial charge in [0.05, 0.1) is 26.3 Å². The van der Waals surface area contributed by atoms with Crippen molar-refractivity contribution in [3.63, 3.8) is 0 Å². The van der Waals surface area contributed by atoms with Crippen molar-refractivity contribution < 1.29 is 24.3 Å². The molecule has 4 aliphatic rings. The Morgan fingerprint density at radius 2 is 1.77 bits per heavy atom. The van der Waals surface area contributed by atoms with E-state index in [1.807, 2.05) is 86.9 Å². The van der Waals surface area contributed by atoms with E-state index in [2.05, 4.69) is 50.2 Å². The van der Waals surface area contributed by atoms with Crippen LogP contribution in [-0.2, 0) is 16.2 Å². The molecule has 2 bridgehead atoms. The number of carbonyl (C=O) groups excluding carboxylic acids is 2. The van der Waals surface area contributed by atoms with Crippen molar-refractivity contribution in [3.05, 3.63) is 89.5 Å². The average molecular weight is 711 g/mol. The van der Waals surface area contributed by atoms with Crippen LogP contribution >= 0.6 is 0 Å². The SMILES string of the molecule is COc1c(CN2O[C@@H](CO)[C@H](C(C)C)[C@H]2C(=O)N[C@H]2C[C@H]3C[C@@H]([C@@H]2C)C3(C)C)cccc1-c1cccc(C(=O)N[C@@H](CN(C)C)c2ccccc2)c1. The molecule has 3 aromatic carbocycles. The van der Waals surface area contributed by atoms with Crippen molar-refractivity contribution in [1.82, 2.24) is 20.6 Å². The summed E-state index contributed by atoms with van der Waals surface area (Å²) in [7, 11) is 5.64. The van der Waals surface area contributed by atoms with Crippen LogP contribution in [0.2, 0.25) is 0 Å². The van der Waals surface area contributed by atoms with Crippen molar-refractivity contribution in [2.75, 3.05) is 34.4 Å². The minimum absolute atomic E-state index is 0.0393. The van der Waals surface area contributed by atoms with Gasteiger partial charge in [-0.2, -0.15) is 5.06 Å². The molecule has 0 unspecified atom stereocenters. The summed E-state index contributed by atoms with van der Waals surface area (Å²) in [6.07, 6.45) is 1.74. The largest absolute Gasteiger partial charge is 0.496 e. The molecule has 0 spiro atoms. The van der Waals surface area contributed by atoms with Gasteiger partial charge in [0.1, 0.15) is 17.9 Å². The summed E-state index contributed by atoms with van der Waals surface area (Å²) >= 11 is 0. The van der Waals surface area contributed by atoms with Crippen LogP contribution in [0.4, 0.5) is 0 Å². The lowest BCUT2D eigenvalue weighted by molar-refractivity contribution is -0.183. The van der Waals surface area contributed by atoms with Crippen LogP contribution in [0.25, 0.3) is 11.1 Å². The van der Waals surface area contributed by atoms with Gasteiger partial charge in [0.25, 0.3) is 5.91 Å². The Morgan fingerprint density at radius 3 is 2.40 bits per heavy atom. The number of para-hydroxylation sites is 1. The highest BCUT2D eigenvalue weighted by Gasteiger charge is 2.57. The molecular weight excluding hydrogens is 652 g/mol. The number of hydrogen-bond acceptors (Lipinski definition) is 7. The molecule has 280 valence electrons. The third kappa shape index (κ3) is 7.51. The zero-order valence-corrected chi connectivity index (χ0v) is 32.1. The summed E-state index contributed by atoms with van der Waals surface area (Å²) in [6.45, 7) is 12.0. The average Bonchev–Trinajstić information content (AvgIpc) is 3.50. The zero-order valence-electron chi connectivity index (χ0n) is 32.1. The second-order valence-corrected chi connectivity index (χ2v) is 16.5. The van der Waals surface area contributed by atoms with Crippen molar-refractivity contribution >= 4 is 11.8 Å². The minimum Gasteiger partial charge on any atom is -0.496 e. The number of nitrogens with one attached hydrogen (secondary N) is 2. The quantitative estimate of drug-likeness (QED) is 0.191. The number of nitrogens with zero attached hydrogens (tertiary/aromatic N) is 2.